The zero-order valence-electron chi connectivity index (χ0n) is 10.9. The van der Waals surface area contributed by atoms with E-state index in [0.29, 0.717) is 0 Å². The molecule has 1 aliphatic carbocycles. The molecule has 0 bridgehead atoms. The molecule has 0 saturated heterocycles. The summed E-state index contributed by atoms with van der Waals surface area (Å²) in [6.07, 6.45) is 12.9. The largest absolute Gasteiger partial charge is 0.300 e. The van der Waals surface area contributed by atoms with Crippen LogP contribution in [0.3, 0.4) is 0 Å². The van der Waals surface area contributed by atoms with Crippen molar-refractivity contribution >= 4 is 15.9 Å². The minimum Gasteiger partial charge on any atom is -0.300 e. The van der Waals surface area contributed by atoms with E-state index in [0.717, 1.165) is 11.4 Å². The highest BCUT2D eigenvalue weighted by molar-refractivity contribution is 9.09. The Balaban J connectivity index is 2.12. The van der Waals surface area contributed by atoms with Crippen LogP contribution < -0.4 is 0 Å². The van der Waals surface area contributed by atoms with Gasteiger partial charge in [-0.3, -0.25) is 4.90 Å². The molecule has 1 saturated carbocycles. The molecule has 1 rings (SSSR count). The Labute approximate surface area is 110 Å². The van der Waals surface area contributed by atoms with Crippen molar-refractivity contribution in [1.29, 1.82) is 0 Å². The number of hydrogen-bond acceptors (Lipinski definition) is 1. The van der Waals surface area contributed by atoms with Gasteiger partial charge in [0.05, 0.1) is 0 Å². The molecule has 0 unspecified atom stereocenters. The Hall–Kier alpha value is 0.440. The molecule has 0 radical (unpaired) electrons. The summed E-state index contributed by atoms with van der Waals surface area (Å²) in [6.45, 7) is 4.87. The second-order valence-electron chi connectivity index (χ2n) is 5.08. The average Bonchev–Trinajstić information content (AvgIpc) is 2.81. The Morgan fingerprint density at radius 2 is 1.69 bits per heavy atom. The van der Waals surface area contributed by atoms with E-state index in [4.69, 9.17) is 0 Å². The summed E-state index contributed by atoms with van der Waals surface area (Å²) in [5, 5.41) is 1.14. The molecular formula is C14H28BrN. The molecule has 16 heavy (non-hydrogen) atoms. The summed E-state index contributed by atoms with van der Waals surface area (Å²) in [6, 6.07) is 0.906. The number of nitrogens with zero attached hydrogens (tertiary/aromatic N) is 1. The first kappa shape index (κ1) is 14.5. The maximum atomic E-state index is 3.59. The van der Waals surface area contributed by atoms with E-state index in [9.17, 15) is 0 Å². The molecule has 2 heteroatoms. The third kappa shape index (κ3) is 5.67. The van der Waals surface area contributed by atoms with Gasteiger partial charge in [-0.1, -0.05) is 61.4 Å². The van der Waals surface area contributed by atoms with Gasteiger partial charge in [-0.15, -0.1) is 0 Å². The molecular weight excluding hydrogens is 262 g/mol. The molecule has 0 aromatic heterocycles. The first-order chi connectivity index (χ1) is 7.88. The smallest absolute Gasteiger partial charge is 0.0159 e. The monoisotopic (exact) mass is 289 g/mol. The van der Waals surface area contributed by atoms with Crippen molar-refractivity contribution in [2.24, 2.45) is 0 Å². The SMILES string of the molecule is CCCCCCCN(CCBr)C1CCCC1. The van der Waals surface area contributed by atoms with Crippen LogP contribution in [0.1, 0.15) is 64.7 Å². The predicted octanol–water partition coefficient (Wildman–Crippen LogP) is 4.60. The molecule has 1 fully saturated rings. The Kier molecular flexibility index (Phi) is 8.58. The van der Waals surface area contributed by atoms with E-state index < -0.39 is 0 Å². The van der Waals surface area contributed by atoms with Crippen molar-refractivity contribution < 1.29 is 0 Å². The van der Waals surface area contributed by atoms with Crippen LogP contribution in [-0.4, -0.2) is 29.4 Å². The molecule has 0 amide bonds. The average molecular weight is 290 g/mol. The van der Waals surface area contributed by atoms with Crippen molar-refractivity contribution in [3.8, 4) is 0 Å². The van der Waals surface area contributed by atoms with Crippen LogP contribution >= 0.6 is 15.9 Å². The van der Waals surface area contributed by atoms with Gasteiger partial charge in [0.15, 0.2) is 0 Å². The molecule has 0 spiro atoms. The highest BCUT2D eigenvalue weighted by Crippen LogP contribution is 2.23. The van der Waals surface area contributed by atoms with Gasteiger partial charge >= 0.3 is 0 Å². The lowest BCUT2D eigenvalue weighted by Gasteiger charge is -2.28. The molecule has 96 valence electrons. The highest BCUT2D eigenvalue weighted by Gasteiger charge is 2.21. The van der Waals surface area contributed by atoms with Crippen molar-refractivity contribution in [2.45, 2.75) is 70.8 Å². The van der Waals surface area contributed by atoms with E-state index in [2.05, 4.69) is 27.8 Å². The first-order valence-corrected chi connectivity index (χ1v) is 8.30. The van der Waals surface area contributed by atoms with Crippen LogP contribution in [0, 0.1) is 0 Å². The lowest BCUT2D eigenvalue weighted by molar-refractivity contribution is 0.206. The third-order valence-corrected chi connectivity index (χ3v) is 4.12. The summed E-state index contributed by atoms with van der Waals surface area (Å²) in [5.41, 5.74) is 0. The van der Waals surface area contributed by atoms with Crippen LogP contribution in [0.4, 0.5) is 0 Å². The third-order valence-electron chi connectivity index (χ3n) is 3.76. The molecule has 1 nitrogen and oxygen atoms in total. The van der Waals surface area contributed by atoms with Gasteiger partial charge in [0.1, 0.15) is 0 Å². The molecule has 0 aromatic rings. The van der Waals surface area contributed by atoms with E-state index in [-0.39, 0.29) is 0 Å². The van der Waals surface area contributed by atoms with E-state index in [1.54, 1.807) is 0 Å². The molecule has 0 aromatic carbocycles. The number of unbranched alkanes of at least 4 members (excludes halogenated alkanes) is 4. The normalized spacial score (nSPS) is 17.4. The predicted molar refractivity (Wildman–Crippen MR) is 76.4 cm³/mol. The molecule has 0 aliphatic heterocycles. The van der Waals surface area contributed by atoms with E-state index in [1.807, 2.05) is 0 Å². The summed E-state index contributed by atoms with van der Waals surface area (Å²) in [4.78, 5) is 2.73. The number of alkyl halides is 1. The Morgan fingerprint density at radius 1 is 1.00 bits per heavy atom. The van der Waals surface area contributed by atoms with E-state index >= 15 is 0 Å². The fraction of sp³-hybridized carbons (Fsp3) is 1.00. The second kappa shape index (κ2) is 9.47. The summed E-state index contributed by atoms with van der Waals surface area (Å²) in [7, 11) is 0. The van der Waals surface area contributed by atoms with Gasteiger partial charge < -0.3 is 0 Å². The highest BCUT2D eigenvalue weighted by atomic mass is 79.9. The van der Waals surface area contributed by atoms with Gasteiger partial charge in [-0.25, -0.2) is 0 Å². The molecule has 0 heterocycles. The second-order valence-corrected chi connectivity index (χ2v) is 5.87. The lowest BCUT2D eigenvalue weighted by atomic mass is 10.1. The minimum atomic E-state index is 0.906. The maximum Gasteiger partial charge on any atom is 0.0159 e. The Morgan fingerprint density at radius 3 is 2.31 bits per heavy atom. The number of hydrogen-bond donors (Lipinski definition) is 0. The number of halogens is 1. The standard InChI is InChI=1S/C14H28BrN/c1-2-3-4-5-8-12-16(13-11-15)14-9-6-7-10-14/h14H,2-13H2,1H3. The zero-order chi connectivity index (χ0) is 11.6. The van der Waals surface area contributed by atoms with Gasteiger partial charge in [0, 0.05) is 17.9 Å². The van der Waals surface area contributed by atoms with Crippen molar-refractivity contribution in [3.63, 3.8) is 0 Å². The lowest BCUT2D eigenvalue weighted by Crippen LogP contribution is -2.35. The van der Waals surface area contributed by atoms with Gasteiger partial charge in [0.25, 0.3) is 0 Å². The van der Waals surface area contributed by atoms with Gasteiger partial charge in [0.2, 0.25) is 0 Å². The summed E-state index contributed by atoms with van der Waals surface area (Å²) < 4.78 is 0. The van der Waals surface area contributed by atoms with Crippen LogP contribution in [-0.2, 0) is 0 Å². The first-order valence-electron chi connectivity index (χ1n) is 7.18. The van der Waals surface area contributed by atoms with Crippen LogP contribution in [0.25, 0.3) is 0 Å². The Bertz CT molecular complexity index is 155. The summed E-state index contributed by atoms with van der Waals surface area (Å²) >= 11 is 3.59. The minimum absolute atomic E-state index is 0.906. The fourth-order valence-electron chi connectivity index (χ4n) is 2.77. The number of rotatable bonds is 9. The fourth-order valence-corrected chi connectivity index (χ4v) is 3.23. The van der Waals surface area contributed by atoms with Crippen molar-refractivity contribution in [3.05, 3.63) is 0 Å². The van der Waals surface area contributed by atoms with E-state index in [1.165, 1.54) is 70.9 Å². The quantitative estimate of drug-likeness (QED) is 0.443. The van der Waals surface area contributed by atoms with Crippen molar-refractivity contribution in [1.82, 2.24) is 4.90 Å². The molecule has 0 atom stereocenters. The maximum absolute atomic E-state index is 3.59. The molecule has 1 aliphatic rings. The molecule has 0 N–H and O–H groups in total. The van der Waals surface area contributed by atoms with Crippen molar-refractivity contribution in [2.75, 3.05) is 18.4 Å². The van der Waals surface area contributed by atoms with Crippen LogP contribution in [0.2, 0.25) is 0 Å². The summed E-state index contributed by atoms with van der Waals surface area (Å²) in [5.74, 6) is 0. The topological polar surface area (TPSA) is 3.24 Å². The zero-order valence-corrected chi connectivity index (χ0v) is 12.5. The van der Waals surface area contributed by atoms with Crippen LogP contribution in [0.15, 0.2) is 0 Å². The van der Waals surface area contributed by atoms with Crippen LogP contribution in [0.5, 0.6) is 0 Å². The van der Waals surface area contributed by atoms with Gasteiger partial charge in [-0.05, 0) is 25.8 Å². The van der Waals surface area contributed by atoms with Gasteiger partial charge in [-0.2, -0.15) is 0 Å².